The molecule has 184 valence electrons. The number of ketones is 4. The minimum Gasteiger partial charge on any atom is -0.507 e. The normalized spacial score (nSPS) is 15.0. The molecule has 0 radical (unpaired) electrons. The van der Waals surface area contributed by atoms with Crippen LogP contribution in [0.2, 0.25) is 0 Å². The van der Waals surface area contributed by atoms with Crippen LogP contribution < -0.4 is 0 Å². The Balaban J connectivity index is 0.000000170. The largest absolute Gasteiger partial charge is 0.507 e. The second kappa shape index (κ2) is 9.21. The molecule has 1 heterocycles. The number of benzene rings is 2. The number of allylic oxidation sites excluding steroid dienone is 2. The summed E-state index contributed by atoms with van der Waals surface area (Å²) < 4.78 is 5.59. The van der Waals surface area contributed by atoms with E-state index in [0.717, 1.165) is 0 Å². The number of hydrogen-bond donors (Lipinski definition) is 3. The van der Waals surface area contributed by atoms with Gasteiger partial charge in [-0.05, 0) is 53.2 Å². The highest BCUT2D eigenvalue weighted by atomic mass is 79.9. The molecule has 0 fully saturated rings. The van der Waals surface area contributed by atoms with Gasteiger partial charge in [0.2, 0.25) is 23.1 Å². The molecule has 1 atom stereocenters. The Morgan fingerprint density at radius 1 is 0.806 bits per heavy atom. The van der Waals surface area contributed by atoms with Crippen LogP contribution in [0.4, 0.5) is 0 Å². The van der Waals surface area contributed by atoms with Gasteiger partial charge in [0.05, 0.1) is 21.2 Å². The average Bonchev–Trinajstić information content (AvgIpc) is 3.27. The van der Waals surface area contributed by atoms with Gasteiger partial charge in [0.1, 0.15) is 34.8 Å². The summed E-state index contributed by atoms with van der Waals surface area (Å²) >= 11 is 3.12. The van der Waals surface area contributed by atoms with Gasteiger partial charge in [-0.2, -0.15) is 0 Å². The lowest BCUT2D eigenvalue weighted by Crippen LogP contribution is -2.28. The van der Waals surface area contributed by atoms with Crippen molar-refractivity contribution in [3.63, 3.8) is 0 Å². The van der Waals surface area contributed by atoms with E-state index in [1.165, 1.54) is 43.3 Å². The number of Topliss-reactive ketones (excluding diaryl/α,β-unsaturated/α-hetero) is 4. The van der Waals surface area contributed by atoms with Crippen molar-refractivity contribution >= 4 is 39.1 Å². The zero-order chi connectivity index (χ0) is 26.5. The van der Waals surface area contributed by atoms with Crippen molar-refractivity contribution in [2.45, 2.75) is 13.0 Å². The number of likely N-dealkylation sites (N-methyl/N-ethyl adjacent to an activating group) is 1. The molecular weight excluding hydrogens is 534 g/mol. The van der Waals surface area contributed by atoms with Crippen LogP contribution in [-0.4, -0.2) is 57.4 Å². The quantitative estimate of drug-likeness (QED) is 0.400. The molecule has 1 unspecified atom stereocenters. The molecule has 2 aliphatic rings. The molecule has 0 bridgehead atoms. The molecule has 2 aliphatic carbocycles. The lowest BCUT2D eigenvalue weighted by Gasteiger charge is -2.23. The number of carbonyl (C=O) groups is 4. The van der Waals surface area contributed by atoms with Crippen LogP contribution in [0.1, 0.15) is 60.2 Å². The summed E-state index contributed by atoms with van der Waals surface area (Å²) in [4.78, 5) is 49.7. The lowest BCUT2D eigenvalue weighted by atomic mass is 9.88. The van der Waals surface area contributed by atoms with Crippen LogP contribution in [0, 0.1) is 0 Å². The zero-order valence-corrected chi connectivity index (χ0v) is 20.9. The van der Waals surface area contributed by atoms with E-state index in [2.05, 4.69) is 15.9 Å². The Hall–Kier alpha value is -4.02. The molecule has 0 saturated carbocycles. The summed E-state index contributed by atoms with van der Waals surface area (Å²) in [6.07, 6.45) is -0.900. The van der Waals surface area contributed by atoms with E-state index < -0.39 is 17.7 Å². The third-order valence-corrected chi connectivity index (χ3v) is 6.45. The van der Waals surface area contributed by atoms with Gasteiger partial charge in [-0.25, -0.2) is 0 Å². The third-order valence-electron chi connectivity index (χ3n) is 5.71. The van der Waals surface area contributed by atoms with E-state index in [1.54, 1.807) is 25.1 Å². The fourth-order valence-corrected chi connectivity index (χ4v) is 4.73. The molecule has 0 spiro atoms. The first-order chi connectivity index (χ1) is 17.0. The highest BCUT2D eigenvalue weighted by Crippen LogP contribution is 2.41. The lowest BCUT2D eigenvalue weighted by molar-refractivity contribution is 0.0814. The summed E-state index contributed by atoms with van der Waals surface area (Å²) in [5.74, 6) is -2.01. The van der Waals surface area contributed by atoms with Crippen LogP contribution in [-0.2, 0) is 0 Å². The number of furan rings is 1. The predicted molar refractivity (Wildman–Crippen MR) is 132 cm³/mol. The summed E-state index contributed by atoms with van der Waals surface area (Å²) in [7, 11) is 3.38. The van der Waals surface area contributed by atoms with E-state index >= 15 is 0 Å². The highest BCUT2D eigenvalue weighted by molar-refractivity contribution is 9.12. The topological polar surface area (TPSA) is 145 Å². The standard InChI is InChI=1S/C14H10O5.C12H10BrNO3/c1-6(15)10-5-8-13(18)12(17)7-3-2-4-9(16)11(7)14(8)19-10;1-14(2)10-9(13)12(17)8-6(11(10)16)4-3-5-7(8)15/h2-6,15-16H,1H3;3-5,15H,1-2H3. The van der Waals surface area contributed by atoms with Gasteiger partial charge in [0.15, 0.2) is 0 Å². The molecule has 0 aliphatic heterocycles. The number of halogens is 1. The van der Waals surface area contributed by atoms with Crippen molar-refractivity contribution in [1.82, 2.24) is 4.90 Å². The number of aliphatic hydroxyl groups is 1. The van der Waals surface area contributed by atoms with Crippen molar-refractivity contribution in [1.29, 1.82) is 0 Å². The number of fused-ring (bicyclic) bond motifs is 4. The van der Waals surface area contributed by atoms with Gasteiger partial charge in [-0.1, -0.05) is 12.1 Å². The van der Waals surface area contributed by atoms with E-state index in [-0.39, 0.29) is 66.9 Å². The zero-order valence-electron chi connectivity index (χ0n) is 19.3. The maximum Gasteiger partial charge on any atom is 0.237 e. The van der Waals surface area contributed by atoms with Gasteiger partial charge < -0.3 is 24.6 Å². The molecule has 3 aromatic rings. The summed E-state index contributed by atoms with van der Waals surface area (Å²) in [6.45, 7) is 1.49. The smallest absolute Gasteiger partial charge is 0.237 e. The summed E-state index contributed by atoms with van der Waals surface area (Å²) in [5.41, 5.74) is 0.998. The van der Waals surface area contributed by atoms with Crippen LogP contribution in [0.25, 0.3) is 11.3 Å². The first-order valence-corrected chi connectivity index (χ1v) is 11.5. The molecular formula is C26H20BrNO8. The van der Waals surface area contributed by atoms with Crippen molar-refractivity contribution < 1.29 is 38.9 Å². The monoisotopic (exact) mass is 553 g/mol. The molecule has 9 nitrogen and oxygen atoms in total. The maximum absolute atomic E-state index is 12.2. The van der Waals surface area contributed by atoms with E-state index in [4.69, 9.17) is 4.42 Å². The Morgan fingerprint density at radius 2 is 1.33 bits per heavy atom. The number of aromatic hydroxyl groups is 2. The van der Waals surface area contributed by atoms with Gasteiger partial charge in [-0.15, -0.1) is 0 Å². The second-order valence-electron chi connectivity index (χ2n) is 8.34. The second-order valence-corrected chi connectivity index (χ2v) is 9.13. The number of phenolic OH excluding ortho intramolecular Hbond substituents is 2. The van der Waals surface area contributed by atoms with Crippen LogP contribution in [0.3, 0.4) is 0 Å². The first kappa shape index (κ1) is 25.1. The summed E-state index contributed by atoms with van der Waals surface area (Å²) in [5, 5.41) is 29.0. The Morgan fingerprint density at radius 3 is 1.89 bits per heavy atom. The van der Waals surface area contributed by atoms with Gasteiger partial charge in [-0.3, -0.25) is 19.2 Å². The van der Waals surface area contributed by atoms with E-state index in [1.807, 2.05) is 0 Å². The molecule has 0 amide bonds. The maximum atomic E-state index is 12.2. The molecule has 36 heavy (non-hydrogen) atoms. The molecule has 10 heteroatoms. The fraction of sp³-hybridized carbons (Fsp3) is 0.154. The fourth-order valence-electron chi connectivity index (χ4n) is 3.99. The Bertz CT molecular complexity index is 1500. The molecule has 2 aromatic carbocycles. The molecule has 1 aromatic heterocycles. The van der Waals surface area contributed by atoms with Crippen LogP contribution in [0.5, 0.6) is 11.5 Å². The van der Waals surface area contributed by atoms with Gasteiger partial charge in [0, 0.05) is 25.2 Å². The van der Waals surface area contributed by atoms with Crippen molar-refractivity contribution in [3.05, 3.63) is 80.7 Å². The number of hydrogen-bond acceptors (Lipinski definition) is 9. The molecule has 5 rings (SSSR count). The number of carbonyl (C=O) groups excluding carboxylic acids is 4. The first-order valence-electron chi connectivity index (χ1n) is 10.7. The van der Waals surface area contributed by atoms with Gasteiger partial charge >= 0.3 is 0 Å². The third kappa shape index (κ3) is 3.94. The highest BCUT2D eigenvalue weighted by Gasteiger charge is 2.36. The average molecular weight is 554 g/mol. The van der Waals surface area contributed by atoms with Crippen molar-refractivity contribution in [2.24, 2.45) is 0 Å². The minimum atomic E-state index is -0.900. The van der Waals surface area contributed by atoms with E-state index in [0.29, 0.717) is 5.70 Å². The van der Waals surface area contributed by atoms with Crippen LogP contribution >= 0.6 is 15.9 Å². The van der Waals surface area contributed by atoms with E-state index in [9.17, 15) is 34.5 Å². The van der Waals surface area contributed by atoms with Crippen molar-refractivity contribution in [3.8, 4) is 22.8 Å². The van der Waals surface area contributed by atoms with Gasteiger partial charge in [0.25, 0.3) is 0 Å². The number of aliphatic hydroxyl groups excluding tert-OH is 1. The number of rotatable bonds is 2. The Kier molecular flexibility index (Phi) is 6.42. The molecule has 0 saturated heterocycles. The van der Waals surface area contributed by atoms with Crippen molar-refractivity contribution in [2.75, 3.05) is 14.1 Å². The SMILES string of the molecule is CC(O)c1cc2c(o1)-c1c(O)cccc1C(=O)C2=O.CN(C)C1=C(Br)C(=O)c2c(O)cccc2C1=O. The number of nitrogens with zero attached hydrogens (tertiary/aromatic N) is 1. The minimum absolute atomic E-state index is 0.0648. The predicted octanol–water partition coefficient (Wildman–Crippen LogP) is 4.02. The Labute approximate surface area is 213 Å². The number of phenols is 2. The van der Waals surface area contributed by atoms with Crippen LogP contribution in [0.15, 0.2) is 57.1 Å². The summed E-state index contributed by atoms with van der Waals surface area (Å²) in [6, 6.07) is 10.2. The molecule has 3 N–H and O–H groups in total.